The number of nitro benzene ring substituents is 1. The van der Waals surface area contributed by atoms with Crippen LogP contribution in [0.3, 0.4) is 0 Å². The first-order chi connectivity index (χ1) is 14.0. The Bertz CT molecular complexity index is 839. The van der Waals surface area contributed by atoms with Gasteiger partial charge in [-0.25, -0.2) is 0 Å². The first-order valence-electron chi connectivity index (χ1n) is 9.52. The number of nitrogens with zero attached hydrogens (tertiary/aromatic N) is 2. The van der Waals surface area contributed by atoms with Crippen molar-refractivity contribution < 1.29 is 14.4 Å². The fraction of sp³-hybridized carbons (Fsp3) is 0.381. The number of nitro groups is 1. The van der Waals surface area contributed by atoms with Crippen LogP contribution in [0.4, 0.5) is 5.69 Å². The van der Waals surface area contributed by atoms with Gasteiger partial charge in [0.15, 0.2) is 5.96 Å². The zero-order chi connectivity index (χ0) is 21.1. The molecule has 0 fully saturated rings. The van der Waals surface area contributed by atoms with Crippen molar-refractivity contribution in [2.24, 2.45) is 4.99 Å². The lowest BCUT2D eigenvalue weighted by Crippen LogP contribution is -2.36. The maximum absolute atomic E-state index is 11.1. The van der Waals surface area contributed by atoms with Gasteiger partial charge in [-0.2, -0.15) is 0 Å². The van der Waals surface area contributed by atoms with E-state index in [1.165, 1.54) is 6.07 Å². The van der Waals surface area contributed by atoms with Gasteiger partial charge in [-0.3, -0.25) is 15.1 Å². The van der Waals surface area contributed by atoms with Crippen LogP contribution in [0.25, 0.3) is 0 Å². The van der Waals surface area contributed by atoms with Crippen LogP contribution in [0.15, 0.2) is 47.5 Å². The fourth-order valence-corrected chi connectivity index (χ4v) is 2.71. The lowest BCUT2D eigenvalue weighted by molar-refractivity contribution is -0.385. The third-order valence-corrected chi connectivity index (χ3v) is 4.22. The van der Waals surface area contributed by atoms with Crippen molar-refractivity contribution in [2.75, 3.05) is 26.9 Å². The van der Waals surface area contributed by atoms with Crippen molar-refractivity contribution in [2.45, 2.75) is 26.9 Å². The molecule has 2 aromatic rings. The molecule has 2 N–H and O–H groups in total. The van der Waals surface area contributed by atoms with Gasteiger partial charge >= 0.3 is 0 Å². The summed E-state index contributed by atoms with van der Waals surface area (Å²) in [5.74, 6) is 1.34. The van der Waals surface area contributed by atoms with E-state index < -0.39 is 0 Å². The van der Waals surface area contributed by atoms with Crippen molar-refractivity contribution in [1.29, 1.82) is 0 Å². The third-order valence-electron chi connectivity index (χ3n) is 4.22. The molecule has 0 aromatic heterocycles. The highest BCUT2D eigenvalue weighted by molar-refractivity contribution is 5.79. The van der Waals surface area contributed by atoms with Crippen LogP contribution in [-0.4, -0.2) is 37.8 Å². The molecule has 0 heterocycles. The molecular weight excluding hydrogens is 372 g/mol. The Labute approximate surface area is 171 Å². The average molecular weight is 400 g/mol. The zero-order valence-corrected chi connectivity index (χ0v) is 17.1. The molecule has 0 amide bonds. The number of nitrogens with one attached hydrogen (secondary N) is 2. The number of benzene rings is 2. The predicted molar refractivity (Wildman–Crippen MR) is 113 cm³/mol. The van der Waals surface area contributed by atoms with Gasteiger partial charge in [-0.15, -0.1) is 0 Å². The van der Waals surface area contributed by atoms with Crippen LogP contribution in [0, 0.1) is 17.0 Å². The van der Waals surface area contributed by atoms with Crippen LogP contribution in [-0.2, 0) is 17.8 Å². The third kappa shape index (κ3) is 7.08. The van der Waals surface area contributed by atoms with Gasteiger partial charge in [0.05, 0.1) is 11.5 Å². The highest BCUT2D eigenvalue weighted by Gasteiger charge is 2.12. The molecule has 0 aliphatic heterocycles. The highest BCUT2D eigenvalue weighted by Crippen LogP contribution is 2.20. The van der Waals surface area contributed by atoms with E-state index in [2.05, 4.69) is 15.6 Å². The molecular formula is C21H28N4O4. The molecule has 8 heteroatoms. The second-order valence-corrected chi connectivity index (χ2v) is 6.32. The van der Waals surface area contributed by atoms with E-state index in [0.717, 1.165) is 16.9 Å². The second-order valence-electron chi connectivity index (χ2n) is 6.32. The first kappa shape index (κ1) is 22.2. The van der Waals surface area contributed by atoms with Crippen LogP contribution >= 0.6 is 0 Å². The maximum atomic E-state index is 11.1. The fourth-order valence-electron chi connectivity index (χ4n) is 2.71. The van der Waals surface area contributed by atoms with Gasteiger partial charge in [-0.1, -0.05) is 30.3 Å². The maximum Gasteiger partial charge on any atom is 0.274 e. The van der Waals surface area contributed by atoms with Crippen molar-refractivity contribution in [3.63, 3.8) is 0 Å². The van der Waals surface area contributed by atoms with Gasteiger partial charge in [0.25, 0.3) is 5.69 Å². The Morgan fingerprint density at radius 1 is 1.10 bits per heavy atom. The molecule has 0 bridgehead atoms. The molecule has 29 heavy (non-hydrogen) atoms. The minimum atomic E-state index is -0.384. The quantitative estimate of drug-likeness (QED) is 0.209. The summed E-state index contributed by atoms with van der Waals surface area (Å²) in [6, 6.07) is 12.7. The summed E-state index contributed by atoms with van der Waals surface area (Å²) in [6.45, 7) is 6.44. The van der Waals surface area contributed by atoms with E-state index >= 15 is 0 Å². The molecule has 2 rings (SSSR count). The number of ether oxygens (including phenoxy) is 2. The smallest absolute Gasteiger partial charge is 0.274 e. The summed E-state index contributed by atoms with van der Waals surface area (Å²) in [6.07, 6.45) is 0. The summed E-state index contributed by atoms with van der Waals surface area (Å²) >= 11 is 0. The van der Waals surface area contributed by atoms with E-state index in [4.69, 9.17) is 9.47 Å². The molecule has 8 nitrogen and oxygen atoms in total. The second kappa shape index (κ2) is 11.7. The van der Waals surface area contributed by atoms with E-state index in [1.54, 1.807) is 25.2 Å². The molecule has 0 saturated carbocycles. The molecule has 0 unspecified atom stereocenters. The average Bonchev–Trinajstić information content (AvgIpc) is 2.72. The Morgan fingerprint density at radius 2 is 1.83 bits per heavy atom. The standard InChI is InChI=1S/C21H28N4O4/c1-4-28-11-12-29-20-13-16(2)9-10-18(20)15-24-21(22-3)23-14-17-7-5-6-8-19(17)25(26)27/h5-10,13H,4,11-12,14-15H2,1-3H3,(H2,22,23,24). The van der Waals surface area contributed by atoms with Crippen LogP contribution in [0.2, 0.25) is 0 Å². The van der Waals surface area contributed by atoms with Crippen LogP contribution < -0.4 is 15.4 Å². The SMILES string of the molecule is CCOCCOc1cc(C)ccc1CNC(=NC)NCc1ccccc1[N+](=O)[O-]. The molecule has 0 saturated heterocycles. The molecule has 2 aromatic carbocycles. The van der Waals surface area contributed by atoms with E-state index in [-0.39, 0.29) is 10.6 Å². The summed E-state index contributed by atoms with van der Waals surface area (Å²) in [4.78, 5) is 15.0. The lowest BCUT2D eigenvalue weighted by atomic mass is 10.1. The van der Waals surface area contributed by atoms with Gasteiger partial charge < -0.3 is 20.1 Å². The molecule has 156 valence electrons. The Kier molecular flexibility index (Phi) is 8.91. The van der Waals surface area contributed by atoms with Gasteiger partial charge in [0, 0.05) is 43.9 Å². The Hall–Kier alpha value is -3.13. The number of guanidine groups is 1. The molecule has 0 atom stereocenters. The largest absolute Gasteiger partial charge is 0.491 e. The molecule has 0 aliphatic carbocycles. The topological polar surface area (TPSA) is 98.0 Å². The summed E-state index contributed by atoms with van der Waals surface area (Å²) in [5.41, 5.74) is 2.77. The predicted octanol–water partition coefficient (Wildman–Crippen LogP) is 3.18. The minimum absolute atomic E-state index is 0.0824. The number of hydrogen-bond acceptors (Lipinski definition) is 5. The number of rotatable bonds is 10. The summed E-state index contributed by atoms with van der Waals surface area (Å²) < 4.78 is 11.2. The Morgan fingerprint density at radius 3 is 2.52 bits per heavy atom. The van der Waals surface area contributed by atoms with Crippen molar-refractivity contribution in [3.05, 3.63) is 69.3 Å². The van der Waals surface area contributed by atoms with Crippen LogP contribution in [0.1, 0.15) is 23.6 Å². The first-order valence-corrected chi connectivity index (χ1v) is 9.52. The minimum Gasteiger partial charge on any atom is -0.491 e. The van der Waals surface area contributed by atoms with Gasteiger partial charge in [0.2, 0.25) is 0 Å². The molecule has 0 spiro atoms. The number of para-hydroxylation sites is 1. The number of aryl methyl sites for hydroxylation is 1. The van der Waals surface area contributed by atoms with E-state index in [1.807, 2.05) is 32.0 Å². The normalized spacial score (nSPS) is 11.2. The van der Waals surface area contributed by atoms with Crippen molar-refractivity contribution in [3.8, 4) is 5.75 Å². The highest BCUT2D eigenvalue weighted by atomic mass is 16.6. The number of aliphatic imine (C=N–C) groups is 1. The zero-order valence-electron chi connectivity index (χ0n) is 17.1. The Balaban J connectivity index is 1.96. The van der Waals surface area contributed by atoms with Crippen LogP contribution in [0.5, 0.6) is 5.75 Å². The van der Waals surface area contributed by atoms with E-state index in [0.29, 0.717) is 44.4 Å². The van der Waals surface area contributed by atoms with E-state index in [9.17, 15) is 10.1 Å². The summed E-state index contributed by atoms with van der Waals surface area (Å²) in [5, 5.41) is 17.5. The molecule has 0 aliphatic rings. The summed E-state index contributed by atoms with van der Waals surface area (Å²) in [7, 11) is 1.66. The monoisotopic (exact) mass is 400 g/mol. The van der Waals surface area contributed by atoms with Gasteiger partial charge in [-0.05, 0) is 25.5 Å². The van der Waals surface area contributed by atoms with Crippen molar-refractivity contribution in [1.82, 2.24) is 10.6 Å². The van der Waals surface area contributed by atoms with Crippen molar-refractivity contribution >= 4 is 11.6 Å². The lowest BCUT2D eigenvalue weighted by Gasteiger charge is -2.15. The number of hydrogen-bond donors (Lipinski definition) is 2. The van der Waals surface area contributed by atoms with Gasteiger partial charge in [0.1, 0.15) is 12.4 Å². The molecule has 0 radical (unpaired) electrons.